The van der Waals surface area contributed by atoms with Crippen molar-refractivity contribution in [1.82, 2.24) is 5.32 Å². The summed E-state index contributed by atoms with van der Waals surface area (Å²) in [7, 11) is 0. The Labute approximate surface area is 101 Å². The molecule has 0 atom stereocenters. The van der Waals surface area contributed by atoms with E-state index in [1.54, 1.807) is 0 Å². The van der Waals surface area contributed by atoms with E-state index in [1.165, 1.54) is 29.7 Å². The number of allylic oxidation sites excluding steroid dienone is 6. The Morgan fingerprint density at radius 1 is 1.53 bits per heavy atom. The van der Waals surface area contributed by atoms with Crippen LogP contribution in [0.4, 0.5) is 0 Å². The van der Waals surface area contributed by atoms with E-state index in [2.05, 4.69) is 53.3 Å². The van der Waals surface area contributed by atoms with Crippen LogP contribution in [0, 0.1) is 0 Å². The van der Waals surface area contributed by atoms with Crippen LogP contribution in [0.5, 0.6) is 0 Å². The molecule has 2 heteroatoms. The summed E-state index contributed by atoms with van der Waals surface area (Å²) in [5, 5.41) is 4.34. The first-order chi connectivity index (χ1) is 7.27. The van der Waals surface area contributed by atoms with Gasteiger partial charge < -0.3 is 5.32 Å². The largest absolute Gasteiger partial charge is 0.388 e. The fourth-order valence-electron chi connectivity index (χ4n) is 1.70. The Morgan fingerprint density at radius 3 is 2.93 bits per heavy atom. The maximum atomic E-state index is 3.51. The number of rotatable bonds is 4. The maximum Gasteiger partial charge on any atom is 0.0279 e. The van der Waals surface area contributed by atoms with Crippen LogP contribution in [0.2, 0.25) is 0 Å². The molecular weight excluding hydrogens is 250 g/mol. The van der Waals surface area contributed by atoms with Crippen molar-refractivity contribution in [3.05, 3.63) is 35.1 Å². The fraction of sp³-hybridized carbons (Fsp3) is 0.538. The van der Waals surface area contributed by atoms with E-state index >= 15 is 0 Å². The molecule has 15 heavy (non-hydrogen) atoms. The molecule has 1 heterocycles. The Balaban J connectivity index is 2.66. The lowest BCUT2D eigenvalue weighted by Crippen LogP contribution is -2.19. The summed E-state index contributed by atoms with van der Waals surface area (Å²) in [5.41, 5.74) is 4.15. The van der Waals surface area contributed by atoms with Crippen molar-refractivity contribution in [2.45, 2.75) is 33.1 Å². The van der Waals surface area contributed by atoms with Gasteiger partial charge in [0.05, 0.1) is 0 Å². The monoisotopic (exact) mass is 269 g/mol. The van der Waals surface area contributed by atoms with Gasteiger partial charge in [0.2, 0.25) is 0 Å². The Kier molecular flexibility index (Phi) is 5.77. The molecule has 0 aromatic heterocycles. The molecule has 0 saturated heterocycles. The molecule has 0 unspecified atom stereocenters. The summed E-state index contributed by atoms with van der Waals surface area (Å²) < 4.78 is 0. The summed E-state index contributed by atoms with van der Waals surface area (Å²) in [6.45, 7) is 5.46. The Hall–Kier alpha value is -0.500. The second-order valence-corrected chi connectivity index (χ2v) is 4.40. The number of nitrogens with one attached hydrogen (secondary N) is 1. The number of halogens is 1. The number of hydrogen-bond donors (Lipinski definition) is 1. The first-order valence-electron chi connectivity index (χ1n) is 5.64. The molecule has 0 aromatic carbocycles. The van der Waals surface area contributed by atoms with E-state index in [0.29, 0.717) is 0 Å². The minimum absolute atomic E-state index is 0.942. The number of alkyl halides is 1. The second-order valence-electron chi connectivity index (χ2n) is 3.83. The molecule has 0 fully saturated rings. The SMILES string of the molecule is CC/C=C(/C=C\C1=C(C)NCCC1)CBr. The van der Waals surface area contributed by atoms with Gasteiger partial charge in [-0.2, -0.15) is 0 Å². The lowest BCUT2D eigenvalue weighted by Gasteiger charge is -2.17. The highest BCUT2D eigenvalue weighted by Crippen LogP contribution is 2.16. The van der Waals surface area contributed by atoms with Gasteiger partial charge in [-0.3, -0.25) is 0 Å². The topological polar surface area (TPSA) is 12.0 Å². The zero-order valence-corrected chi connectivity index (χ0v) is 11.2. The van der Waals surface area contributed by atoms with Crippen LogP contribution in [0.25, 0.3) is 0 Å². The van der Waals surface area contributed by atoms with E-state index in [4.69, 9.17) is 0 Å². The van der Waals surface area contributed by atoms with E-state index in [-0.39, 0.29) is 0 Å². The smallest absolute Gasteiger partial charge is 0.0279 e. The average molecular weight is 270 g/mol. The van der Waals surface area contributed by atoms with E-state index < -0.39 is 0 Å². The quantitative estimate of drug-likeness (QED) is 0.603. The lowest BCUT2D eigenvalue weighted by atomic mass is 10.0. The molecule has 1 N–H and O–H groups in total. The summed E-state index contributed by atoms with van der Waals surface area (Å²) in [6, 6.07) is 0. The highest BCUT2D eigenvalue weighted by atomic mass is 79.9. The van der Waals surface area contributed by atoms with Crippen molar-refractivity contribution in [3.8, 4) is 0 Å². The Bertz CT molecular complexity index is 287. The van der Waals surface area contributed by atoms with Gasteiger partial charge in [0.1, 0.15) is 0 Å². The molecule has 1 aliphatic heterocycles. The van der Waals surface area contributed by atoms with Gasteiger partial charge in [-0.25, -0.2) is 0 Å². The van der Waals surface area contributed by atoms with Crippen LogP contribution in [0.1, 0.15) is 33.1 Å². The maximum absolute atomic E-state index is 3.51. The number of hydrogen-bond acceptors (Lipinski definition) is 1. The van der Waals surface area contributed by atoms with Crippen LogP contribution in [0.3, 0.4) is 0 Å². The van der Waals surface area contributed by atoms with Crippen molar-refractivity contribution < 1.29 is 0 Å². The lowest BCUT2D eigenvalue weighted by molar-refractivity contribution is 0.672. The first-order valence-corrected chi connectivity index (χ1v) is 6.76. The zero-order chi connectivity index (χ0) is 11.1. The standard InChI is InChI=1S/C13H20BrN/c1-3-5-12(10-14)7-8-13-6-4-9-15-11(13)2/h5,7-8,15H,3-4,6,9-10H2,1-2H3/b8-7-,12-5-. The van der Waals surface area contributed by atoms with Crippen LogP contribution in [-0.4, -0.2) is 11.9 Å². The fourth-order valence-corrected chi connectivity index (χ4v) is 2.12. The molecule has 0 bridgehead atoms. The van der Waals surface area contributed by atoms with Gasteiger partial charge in [0.15, 0.2) is 0 Å². The third kappa shape index (κ3) is 4.25. The molecule has 1 nitrogen and oxygen atoms in total. The van der Waals surface area contributed by atoms with Gasteiger partial charge in [-0.05, 0) is 37.3 Å². The van der Waals surface area contributed by atoms with Gasteiger partial charge in [-0.1, -0.05) is 41.1 Å². The van der Waals surface area contributed by atoms with Crippen LogP contribution in [-0.2, 0) is 0 Å². The molecule has 1 aliphatic rings. The summed E-state index contributed by atoms with van der Waals surface area (Å²) in [4.78, 5) is 0. The molecule has 0 radical (unpaired) electrons. The van der Waals surface area contributed by atoms with E-state index in [9.17, 15) is 0 Å². The van der Waals surface area contributed by atoms with Crippen molar-refractivity contribution in [1.29, 1.82) is 0 Å². The third-order valence-corrected chi connectivity index (χ3v) is 3.26. The third-order valence-electron chi connectivity index (χ3n) is 2.61. The van der Waals surface area contributed by atoms with Gasteiger partial charge in [-0.15, -0.1) is 0 Å². The summed E-state index contributed by atoms with van der Waals surface area (Å²) in [5.74, 6) is 0. The molecular formula is C13H20BrN. The second kappa shape index (κ2) is 6.89. The van der Waals surface area contributed by atoms with Crippen molar-refractivity contribution >= 4 is 15.9 Å². The normalized spacial score (nSPS) is 18.5. The molecule has 84 valence electrons. The predicted octanol–water partition coefficient (Wildman–Crippen LogP) is 3.93. The Morgan fingerprint density at radius 2 is 2.33 bits per heavy atom. The van der Waals surface area contributed by atoms with Crippen LogP contribution in [0.15, 0.2) is 35.1 Å². The molecule has 0 amide bonds. The zero-order valence-electron chi connectivity index (χ0n) is 9.65. The minimum atomic E-state index is 0.942. The van der Waals surface area contributed by atoms with Gasteiger partial charge >= 0.3 is 0 Å². The van der Waals surface area contributed by atoms with Gasteiger partial charge in [0, 0.05) is 17.6 Å². The van der Waals surface area contributed by atoms with Crippen molar-refractivity contribution in [2.24, 2.45) is 0 Å². The van der Waals surface area contributed by atoms with E-state index in [1.807, 2.05) is 0 Å². The summed E-state index contributed by atoms with van der Waals surface area (Å²) in [6.07, 6.45) is 10.3. The van der Waals surface area contributed by atoms with E-state index in [0.717, 1.165) is 18.3 Å². The molecule has 0 aromatic rings. The predicted molar refractivity (Wildman–Crippen MR) is 71.2 cm³/mol. The highest BCUT2D eigenvalue weighted by molar-refractivity contribution is 9.09. The molecule has 0 aliphatic carbocycles. The van der Waals surface area contributed by atoms with Crippen LogP contribution >= 0.6 is 15.9 Å². The van der Waals surface area contributed by atoms with Crippen LogP contribution < -0.4 is 5.32 Å². The van der Waals surface area contributed by atoms with Crippen molar-refractivity contribution in [3.63, 3.8) is 0 Å². The molecule has 0 spiro atoms. The first kappa shape index (κ1) is 12.6. The highest BCUT2D eigenvalue weighted by Gasteiger charge is 2.04. The molecule has 1 rings (SSSR count). The summed E-state index contributed by atoms with van der Waals surface area (Å²) >= 11 is 3.51. The average Bonchev–Trinajstić information content (AvgIpc) is 2.26. The molecule has 0 saturated carbocycles. The minimum Gasteiger partial charge on any atom is -0.388 e. The van der Waals surface area contributed by atoms with Crippen molar-refractivity contribution in [2.75, 3.05) is 11.9 Å². The van der Waals surface area contributed by atoms with Gasteiger partial charge in [0.25, 0.3) is 0 Å².